The molecule has 1 aliphatic rings. The molecule has 0 saturated heterocycles. The normalized spacial score (nSPS) is 13.3. The molecule has 0 aliphatic heterocycles. The predicted molar refractivity (Wildman–Crippen MR) is 104 cm³/mol. The van der Waals surface area contributed by atoms with Crippen LogP contribution in [0.1, 0.15) is 29.2 Å². The van der Waals surface area contributed by atoms with Gasteiger partial charge in [0.25, 0.3) is 0 Å². The lowest BCUT2D eigenvalue weighted by Gasteiger charge is -2.05. The third-order valence-electron chi connectivity index (χ3n) is 4.41. The average Bonchev–Trinajstić information content (AvgIpc) is 3.27. The summed E-state index contributed by atoms with van der Waals surface area (Å²) in [4.78, 5) is 37.5. The maximum absolute atomic E-state index is 12.7. The number of amides is 1. The first-order chi connectivity index (χ1) is 13.6. The molecule has 9 heteroatoms. The Balaban J connectivity index is 1.51. The SMILES string of the molecule is COC(=O)c1ccc(NC(=O)Cn2nc(-c3cccs3)n(C3CC3)c2=O)cc1. The van der Waals surface area contributed by atoms with E-state index in [2.05, 4.69) is 15.2 Å². The maximum Gasteiger partial charge on any atom is 0.346 e. The van der Waals surface area contributed by atoms with Gasteiger partial charge in [-0.1, -0.05) is 6.07 Å². The molecule has 0 spiro atoms. The number of nitrogens with zero attached hydrogens (tertiary/aromatic N) is 3. The standard InChI is InChI=1S/C19H18N4O4S/c1-27-18(25)12-4-6-13(7-5-12)20-16(24)11-22-19(26)23(14-8-9-14)17(21-22)15-3-2-10-28-15/h2-7,10,14H,8-9,11H2,1H3,(H,20,24). The first kappa shape index (κ1) is 18.2. The highest BCUT2D eigenvalue weighted by atomic mass is 32.1. The van der Waals surface area contributed by atoms with E-state index >= 15 is 0 Å². The molecule has 144 valence electrons. The molecule has 0 atom stereocenters. The molecule has 8 nitrogen and oxygen atoms in total. The Bertz CT molecular complexity index is 1060. The molecule has 1 aliphatic carbocycles. The molecule has 2 aromatic heterocycles. The lowest BCUT2D eigenvalue weighted by atomic mass is 10.2. The summed E-state index contributed by atoms with van der Waals surface area (Å²) in [6.07, 6.45) is 1.89. The number of aromatic nitrogens is 3. The number of methoxy groups -OCH3 is 1. The monoisotopic (exact) mass is 398 g/mol. The second kappa shape index (κ2) is 7.43. The molecule has 1 aromatic carbocycles. The lowest BCUT2D eigenvalue weighted by molar-refractivity contribution is -0.117. The number of esters is 1. The fourth-order valence-corrected chi connectivity index (χ4v) is 3.61. The van der Waals surface area contributed by atoms with Crippen LogP contribution in [0.25, 0.3) is 10.7 Å². The van der Waals surface area contributed by atoms with Crippen LogP contribution in [0.5, 0.6) is 0 Å². The number of rotatable bonds is 6. The first-order valence-corrected chi connectivity index (χ1v) is 9.66. The molecule has 28 heavy (non-hydrogen) atoms. The fourth-order valence-electron chi connectivity index (χ4n) is 2.90. The minimum Gasteiger partial charge on any atom is -0.465 e. The number of carbonyl (C=O) groups excluding carboxylic acids is 2. The van der Waals surface area contributed by atoms with Crippen molar-refractivity contribution in [1.29, 1.82) is 0 Å². The van der Waals surface area contributed by atoms with Crippen molar-refractivity contribution >= 4 is 28.9 Å². The highest BCUT2D eigenvalue weighted by Crippen LogP contribution is 2.37. The number of hydrogen-bond acceptors (Lipinski definition) is 6. The van der Waals surface area contributed by atoms with Gasteiger partial charge < -0.3 is 10.1 Å². The van der Waals surface area contributed by atoms with Crippen LogP contribution in [0, 0.1) is 0 Å². The number of ether oxygens (including phenoxy) is 1. The zero-order valence-corrected chi connectivity index (χ0v) is 15.9. The van der Waals surface area contributed by atoms with Crippen LogP contribution in [0.3, 0.4) is 0 Å². The number of thiophene rings is 1. The van der Waals surface area contributed by atoms with Gasteiger partial charge in [-0.15, -0.1) is 16.4 Å². The van der Waals surface area contributed by atoms with Gasteiger partial charge in [0.05, 0.1) is 17.6 Å². The van der Waals surface area contributed by atoms with Crippen molar-refractivity contribution in [3.63, 3.8) is 0 Å². The molecule has 3 aromatic rings. The van der Waals surface area contributed by atoms with Crippen molar-refractivity contribution in [2.45, 2.75) is 25.4 Å². The van der Waals surface area contributed by atoms with Crippen molar-refractivity contribution in [3.05, 3.63) is 57.8 Å². The van der Waals surface area contributed by atoms with E-state index in [-0.39, 0.29) is 24.2 Å². The van der Waals surface area contributed by atoms with Crippen LogP contribution in [0.2, 0.25) is 0 Å². The van der Waals surface area contributed by atoms with E-state index < -0.39 is 5.97 Å². The largest absolute Gasteiger partial charge is 0.465 e. The van der Waals surface area contributed by atoms with Gasteiger partial charge in [-0.2, -0.15) is 0 Å². The predicted octanol–water partition coefficient (Wildman–Crippen LogP) is 2.53. The van der Waals surface area contributed by atoms with Crippen molar-refractivity contribution in [2.75, 3.05) is 12.4 Å². The minimum atomic E-state index is -0.448. The fraction of sp³-hybridized carbons (Fsp3) is 0.263. The van der Waals surface area contributed by atoms with Gasteiger partial charge in [0, 0.05) is 11.7 Å². The molecule has 1 saturated carbocycles. The number of nitrogens with one attached hydrogen (secondary N) is 1. The summed E-state index contributed by atoms with van der Waals surface area (Å²) in [6, 6.07) is 10.3. The van der Waals surface area contributed by atoms with Gasteiger partial charge >= 0.3 is 11.7 Å². The maximum atomic E-state index is 12.7. The zero-order chi connectivity index (χ0) is 19.7. The third kappa shape index (κ3) is 3.61. The summed E-state index contributed by atoms with van der Waals surface area (Å²) in [5.74, 6) is -0.208. The second-order valence-electron chi connectivity index (χ2n) is 6.46. The molecule has 1 amide bonds. The van der Waals surface area contributed by atoms with Crippen LogP contribution in [0.15, 0.2) is 46.6 Å². The minimum absolute atomic E-state index is 0.160. The highest BCUT2D eigenvalue weighted by Gasteiger charge is 2.31. The van der Waals surface area contributed by atoms with Crippen molar-refractivity contribution in [1.82, 2.24) is 14.3 Å². The van der Waals surface area contributed by atoms with E-state index in [0.717, 1.165) is 17.7 Å². The summed E-state index contributed by atoms with van der Waals surface area (Å²) in [5, 5.41) is 9.04. The Kier molecular flexibility index (Phi) is 4.82. The van der Waals surface area contributed by atoms with Crippen LogP contribution in [-0.2, 0) is 16.1 Å². The smallest absolute Gasteiger partial charge is 0.346 e. The molecule has 0 unspecified atom stereocenters. The topological polar surface area (TPSA) is 95.2 Å². The Morgan fingerprint density at radius 3 is 2.61 bits per heavy atom. The van der Waals surface area contributed by atoms with E-state index in [1.54, 1.807) is 28.8 Å². The van der Waals surface area contributed by atoms with Crippen LogP contribution in [0.4, 0.5) is 5.69 Å². The highest BCUT2D eigenvalue weighted by molar-refractivity contribution is 7.13. The van der Waals surface area contributed by atoms with Gasteiger partial charge in [0.1, 0.15) is 6.54 Å². The van der Waals surface area contributed by atoms with Crippen molar-refractivity contribution in [2.24, 2.45) is 0 Å². The number of anilines is 1. The van der Waals surface area contributed by atoms with Gasteiger partial charge in [-0.25, -0.2) is 14.3 Å². The van der Waals surface area contributed by atoms with Gasteiger partial charge in [0.2, 0.25) is 5.91 Å². The van der Waals surface area contributed by atoms with E-state index in [9.17, 15) is 14.4 Å². The van der Waals surface area contributed by atoms with E-state index in [0.29, 0.717) is 17.1 Å². The molecule has 0 radical (unpaired) electrons. The third-order valence-corrected chi connectivity index (χ3v) is 5.27. The Hall–Kier alpha value is -3.20. The molecule has 4 rings (SSSR count). The molecule has 2 heterocycles. The summed E-state index contributed by atoms with van der Waals surface area (Å²) in [6.45, 7) is -0.185. The first-order valence-electron chi connectivity index (χ1n) is 8.78. The number of hydrogen-bond donors (Lipinski definition) is 1. The van der Waals surface area contributed by atoms with Crippen LogP contribution < -0.4 is 11.0 Å². The van der Waals surface area contributed by atoms with Gasteiger partial charge in [-0.3, -0.25) is 9.36 Å². The molecular formula is C19H18N4O4S. The Morgan fingerprint density at radius 2 is 2.00 bits per heavy atom. The Labute approximate surface area is 164 Å². The second-order valence-corrected chi connectivity index (χ2v) is 7.41. The summed E-state index contributed by atoms with van der Waals surface area (Å²) in [7, 11) is 1.31. The Morgan fingerprint density at radius 1 is 1.25 bits per heavy atom. The summed E-state index contributed by atoms with van der Waals surface area (Å²) in [5.41, 5.74) is 0.633. The number of carbonyl (C=O) groups is 2. The summed E-state index contributed by atoms with van der Waals surface area (Å²) < 4.78 is 7.53. The molecular weight excluding hydrogens is 380 g/mol. The zero-order valence-electron chi connectivity index (χ0n) is 15.1. The van der Waals surface area contributed by atoms with Crippen LogP contribution >= 0.6 is 11.3 Å². The quantitative estimate of drug-likeness (QED) is 0.644. The van der Waals surface area contributed by atoms with Crippen LogP contribution in [-0.4, -0.2) is 33.3 Å². The lowest BCUT2D eigenvalue weighted by Crippen LogP contribution is -2.30. The van der Waals surface area contributed by atoms with Crippen molar-refractivity contribution < 1.29 is 14.3 Å². The summed E-state index contributed by atoms with van der Waals surface area (Å²) >= 11 is 1.51. The van der Waals surface area contributed by atoms with E-state index in [4.69, 9.17) is 0 Å². The number of benzene rings is 1. The molecule has 0 bridgehead atoms. The molecule has 1 fully saturated rings. The average molecular weight is 398 g/mol. The van der Waals surface area contributed by atoms with Crippen molar-refractivity contribution in [3.8, 4) is 10.7 Å². The van der Waals surface area contributed by atoms with E-state index in [1.807, 2.05) is 17.5 Å². The van der Waals surface area contributed by atoms with Gasteiger partial charge in [-0.05, 0) is 48.6 Å². The van der Waals surface area contributed by atoms with Gasteiger partial charge in [0.15, 0.2) is 5.82 Å². The van der Waals surface area contributed by atoms with E-state index in [1.165, 1.54) is 23.1 Å². The molecule has 1 N–H and O–H groups in total.